The molecular weight excluding hydrogens is 290 g/mol. The molecule has 0 amide bonds. The number of nitrogens with two attached hydrogens (primary N) is 1. The van der Waals surface area contributed by atoms with Gasteiger partial charge in [0.1, 0.15) is 0 Å². The van der Waals surface area contributed by atoms with Crippen LogP contribution in [0.4, 0.5) is 0 Å². The minimum absolute atomic E-state index is 0.177. The topological polar surface area (TPSA) is 92.9 Å². The molecule has 0 aromatic carbocycles. The van der Waals surface area contributed by atoms with Crippen LogP contribution in [0, 0.1) is 0 Å². The Morgan fingerprint density at radius 3 is 2.37 bits per heavy atom. The number of carbonyl (C=O) groups excluding carboxylic acids is 1. The molecule has 2 N–H and O–H groups in total. The zero-order valence-corrected chi connectivity index (χ0v) is 12.5. The lowest BCUT2D eigenvalue weighted by molar-refractivity contribution is -0.140. The molecular formula is C10H19N3O4S2. The number of carbonyl (C=O) groups is 1. The highest BCUT2D eigenvalue weighted by atomic mass is 32.2. The molecule has 1 rings (SSSR count). The van der Waals surface area contributed by atoms with Crippen LogP contribution in [-0.2, 0) is 19.6 Å². The van der Waals surface area contributed by atoms with E-state index in [9.17, 15) is 13.2 Å². The molecule has 110 valence electrons. The van der Waals surface area contributed by atoms with E-state index >= 15 is 0 Å². The van der Waals surface area contributed by atoms with Gasteiger partial charge in [0, 0.05) is 32.7 Å². The summed E-state index contributed by atoms with van der Waals surface area (Å²) in [6.07, 6.45) is 0. The first-order chi connectivity index (χ1) is 8.85. The van der Waals surface area contributed by atoms with E-state index in [1.54, 1.807) is 6.92 Å². The zero-order valence-electron chi connectivity index (χ0n) is 10.9. The van der Waals surface area contributed by atoms with Crippen molar-refractivity contribution in [2.24, 2.45) is 5.73 Å². The molecule has 1 fully saturated rings. The predicted molar refractivity (Wildman–Crippen MR) is 75.2 cm³/mol. The molecule has 0 unspecified atom stereocenters. The Bertz CT molecular complexity index is 430. The summed E-state index contributed by atoms with van der Waals surface area (Å²) < 4.78 is 29.9. The van der Waals surface area contributed by atoms with Gasteiger partial charge in [-0.15, -0.1) is 0 Å². The minimum atomic E-state index is -3.59. The van der Waals surface area contributed by atoms with Gasteiger partial charge in [-0.3, -0.25) is 9.69 Å². The molecule has 1 aliphatic rings. The van der Waals surface area contributed by atoms with E-state index in [0.717, 1.165) is 0 Å². The molecule has 0 radical (unpaired) electrons. The van der Waals surface area contributed by atoms with Gasteiger partial charge in [0.05, 0.1) is 11.6 Å². The lowest BCUT2D eigenvalue weighted by atomic mass is 10.3. The van der Waals surface area contributed by atoms with Crippen molar-refractivity contribution in [2.45, 2.75) is 6.92 Å². The summed E-state index contributed by atoms with van der Waals surface area (Å²) in [7, 11) is -3.59. The Morgan fingerprint density at radius 1 is 1.32 bits per heavy atom. The molecule has 1 saturated heterocycles. The molecule has 0 saturated carbocycles. The van der Waals surface area contributed by atoms with Crippen molar-refractivity contribution in [3.8, 4) is 0 Å². The number of rotatable bonds is 6. The number of ether oxygens (including phenoxy) is 1. The van der Waals surface area contributed by atoms with Crippen molar-refractivity contribution in [2.75, 3.05) is 45.1 Å². The van der Waals surface area contributed by atoms with Crippen LogP contribution in [0.2, 0.25) is 0 Å². The number of piperazine rings is 1. The third-order valence-corrected chi connectivity index (χ3v) is 4.59. The number of hydrogen-bond donors (Lipinski definition) is 1. The minimum Gasteiger partial charge on any atom is -0.465 e. The van der Waals surface area contributed by atoms with Gasteiger partial charge in [0.2, 0.25) is 10.0 Å². The van der Waals surface area contributed by atoms with Crippen molar-refractivity contribution in [1.82, 2.24) is 9.21 Å². The van der Waals surface area contributed by atoms with Gasteiger partial charge in [-0.1, -0.05) is 12.2 Å². The third kappa shape index (κ3) is 5.39. The maximum Gasteiger partial charge on any atom is 0.322 e. The first-order valence-electron chi connectivity index (χ1n) is 5.99. The molecule has 19 heavy (non-hydrogen) atoms. The van der Waals surface area contributed by atoms with E-state index in [2.05, 4.69) is 4.74 Å². The second kappa shape index (κ2) is 7.13. The normalized spacial score (nSPS) is 18.2. The largest absolute Gasteiger partial charge is 0.465 e. The van der Waals surface area contributed by atoms with Crippen molar-refractivity contribution in [3.05, 3.63) is 0 Å². The molecule has 1 aliphatic heterocycles. The highest BCUT2D eigenvalue weighted by molar-refractivity contribution is 7.89. The molecule has 7 nitrogen and oxygen atoms in total. The van der Waals surface area contributed by atoms with Crippen LogP contribution in [0.15, 0.2) is 0 Å². The number of sulfonamides is 1. The van der Waals surface area contributed by atoms with Gasteiger partial charge < -0.3 is 10.5 Å². The van der Waals surface area contributed by atoms with Gasteiger partial charge >= 0.3 is 5.97 Å². The fourth-order valence-electron chi connectivity index (χ4n) is 1.83. The molecule has 0 spiro atoms. The van der Waals surface area contributed by atoms with Crippen LogP contribution in [0.3, 0.4) is 0 Å². The van der Waals surface area contributed by atoms with Crippen LogP contribution in [0.25, 0.3) is 0 Å². The SMILES string of the molecule is CCOC(=O)CS(=O)(=O)N1CCN(CC(N)=S)CC1. The number of hydrogen-bond acceptors (Lipinski definition) is 6. The van der Waals surface area contributed by atoms with E-state index < -0.39 is 21.7 Å². The molecule has 1 heterocycles. The van der Waals surface area contributed by atoms with Gasteiger partial charge in [0.15, 0.2) is 5.75 Å². The Kier molecular flexibility index (Phi) is 6.11. The van der Waals surface area contributed by atoms with Crippen LogP contribution in [-0.4, -0.2) is 73.7 Å². The van der Waals surface area contributed by atoms with E-state index in [1.807, 2.05) is 4.90 Å². The summed E-state index contributed by atoms with van der Waals surface area (Å²) >= 11 is 4.81. The smallest absolute Gasteiger partial charge is 0.322 e. The number of esters is 1. The van der Waals surface area contributed by atoms with E-state index in [4.69, 9.17) is 18.0 Å². The van der Waals surface area contributed by atoms with Gasteiger partial charge in [-0.25, -0.2) is 8.42 Å². The monoisotopic (exact) mass is 309 g/mol. The van der Waals surface area contributed by atoms with Gasteiger partial charge in [-0.2, -0.15) is 4.31 Å². The average Bonchev–Trinajstić information content (AvgIpc) is 2.28. The van der Waals surface area contributed by atoms with Crippen molar-refractivity contribution in [1.29, 1.82) is 0 Å². The summed E-state index contributed by atoms with van der Waals surface area (Å²) in [6.45, 7) is 4.09. The Balaban J connectivity index is 2.49. The van der Waals surface area contributed by atoms with Crippen LogP contribution in [0.1, 0.15) is 6.92 Å². The lowest BCUT2D eigenvalue weighted by Crippen LogP contribution is -2.51. The summed E-state index contributed by atoms with van der Waals surface area (Å²) in [5.74, 6) is -1.32. The second-order valence-corrected chi connectivity index (χ2v) is 6.70. The first-order valence-corrected chi connectivity index (χ1v) is 8.01. The summed E-state index contributed by atoms with van der Waals surface area (Å²) in [5.41, 5.74) is 5.44. The van der Waals surface area contributed by atoms with Crippen molar-refractivity contribution < 1.29 is 17.9 Å². The van der Waals surface area contributed by atoms with E-state index in [-0.39, 0.29) is 6.61 Å². The summed E-state index contributed by atoms with van der Waals surface area (Å²) in [4.78, 5) is 13.6. The quantitative estimate of drug-likeness (QED) is 0.486. The molecule has 0 aromatic rings. The molecule has 9 heteroatoms. The fourth-order valence-corrected chi connectivity index (χ4v) is 3.30. The second-order valence-electron chi connectivity index (χ2n) is 4.20. The Morgan fingerprint density at radius 2 is 1.89 bits per heavy atom. The maximum atomic E-state index is 12.0. The Labute approximate surface area is 118 Å². The molecule has 0 aromatic heterocycles. The molecule has 0 aliphatic carbocycles. The van der Waals surface area contributed by atoms with Gasteiger partial charge in [-0.05, 0) is 6.92 Å². The lowest BCUT2D eigenvalue weighted by Gasteiger charge is -2.33. The van der Waals surface area contributed by atoms with Crippen LogP contribution in [0.5, 0.6) is 0 Å². The average molecular weight is 309 g/mol. The van der Waals surface area contributed by atoms with Crippen molar-refractivity contribution >= 4 is 33.2 Å². The fraction of sp³-hybridized carbons (Fsp3) is 0.800. The van der Waals surface area contributed by atoms with Crippen LogP contribution < -0.4 is 5.73 Å². The third-order valence-electron chi connectivity index (χ3n) is 2.71. The first kappa shape index (κ1) is 16.3. The maximum absolute atomic E-state index is 12.0. The number of nitrogens with zero attached hydrogens (tertiary/aromatic N) is 2. The van der Waals surface area contributed by atoms with Crippen molar-refractivity contribution in [3.63, 3.8) is 0 Å². The van der Waals surface area contributed by atoms with E-state index in [1.165, 1.54) is 4.31 Å². The standard InChI is InChI=1S/C10H19N3O4S2/c1-2-17-10(14)8-19(15,16)13-5-3-12(4-6-13)7-9(11)18/h2-8H2,1H3,(H2,11,18). The highest BCUT2D eigenvalue weighted by Crippen LogP contribution is 2.08. The van der Waals surface area contributed by atoms with Crippen LogP contribution >= 0.6 is 12.2 Å². The summed E-state index contributed by atoms with van der Waals surface area (Å²) in [6, 6.07) is 0. The Hall–Kier alpha value is -0.770. The molecule has 0 atom stereocenters. The van der Waals surface area contributed by atoms with Gasteiger partial charge in [0.25, 0.3) is 0 Å². The predicted octanol–water partition coefficient (Wildman–Crippen LogP) is -1.22. The summed E-state index contributed by atoms with van der Waals surface area (Å²) in [5, 5.41) is 0. The van der Waals surface area contributed by atoms with E-state index in [0.29, 0.717) is 37.7 Å². The zero-order chi connectivity index (χ0) is 14.5. The number of thiocarbonyl (C=S) groups is 1. The molecule has 0 bridgehead atoms. The highest BCUT2D eigenvalue weighted by Gasteiger charge is 2.29.